The third-order valence-corrected chi connectivity index (χ3v) is 4.28. The standard InChI is InChI=1S/C19H22N2O2.ClH/c1-19(11-12-20-14-19)18(22)21-16-7-9-17(10-8-16)23-13-15-5-3-2-4-6-15;/h2-10,20H,11-14H2,1H3,(H,21,22);1H. The van der Waals surface area contributed by atoms with Crippen molar-refractivity contribution in [3.8, 4) is 5.75 Å². The minimum Gasteiger partial charge on any atom is -0.489 e. The molecule has 2 N–H and O–H groups in total. The Morgan fingerprint density at radius 3 is 2.50 bits per heavy atom. The summed E-state index contributed by atoms with van der Waals surface area (Å²) in [5.41, 5.74) is 1.62. The maximum Gasteiger partial charge on any atom is 0.231 e. The van der Waals surface area contributed by atoms with E-state index in [1.165, 1.54) is 0 Å². The minimum absolute atomic E-state index is 0. The van der Waals surface area contributed by atoms with Gasteiger partial charge in [0.05, 0.1) is 5.41 Å². The summed E-state index contributed by atoms with van der Waals surface area (Å²) in [5.74, 6) is 0.862. The molecule has 5 heteroatoms. The van der Waals surface area contributed by atoms with E-state index in [9.17, 15) is 4.79 Å². The quantitative estimate of drug-likeness (QED) is 0.869. The highest BCUT2D eigenvalue weighted by Crippen LogP contribution is 2.27. The molecule has 128 valence electrons. The predicted octanol–water partition coefficient (Wildman–Crippen LogP) is 3.63. The van der Waals surface area contributed by atoms with Crippen LogP contribution in [0.25, 0.3) is 0 Å². The average Bonchev–Trinajstić information content (AvgIpc) is 3.03. The van der Waals surface area contributed by atoms with Crippen LogP contribution in [0, 0.1) is 5.41 Å². The van der Waals surface area contributed by atoms with Crippen molar-refractivity contribution in [1.29, 1.82) is 0 Å². The van der Waals surface area contributed by atoms with Crippen molar-refractivity contribution in [2.75, 3.05) is 18.4 Å². The van der Waals surface area contributed by atoms with Gasteiger partial charge in [0.1, 0.15) is 12.4 Å². The van der Waals surface area contributed by atoms with E-state index in [0.29, 0.717) is 6.61 Å². The molecule has 0 spiro atoms. The number of halogens is 1. The molecular weight excluding hydrogens is 324 g/mol. The first-order valence-corrected chi connectivity index (χ1v) is 7.95. The smallest absolute Gasteiger partial charge is 0.231 e. The fourth-order valence-corrected chi connectivity index (χ4v) is 2.67. The van der Waals surface area contributed by atoms with E-state index in [1.54, 1.807) is 0 Å². The molecule has 0 aromatic heterocycles. The van der Waals surface area contributed by atoms with Crippen LogP contribution in [-0.4, -0.2) is 19.0 Å². The number of anilines is 1. The van der Waals surface area contributed by atoms with Crippen molar-refractivity contribution in [2.24, 2.45) is 5.41 Å². The van der Waals surface area contributed by atoms with Gasteiger partial charge in [-0.15, -0.1) is 12.4 Å². The van der Waals surface area contributed by atoms with Crippen LogP contribution in [-0.2, 0) is 11.4 Å². The molecule has 0 saturated carbocycles. The van der Waals surface area contributed by atoms with Crippen molar-refractivity contribution in [2.45, 2.75) is 20.0 Å². The summed E-state index contributed by atoms with van der Waals surface area (Å²) in [7, 11) is 0. The fraction of sp³-hybridized carbons (Fsp3) is 0.316. The summed E-state index contributed by atoms with van der Waals surface area (Å²) in [5, 5.41) is 6.23. The number of nitrogens with one attached hydrogen (secondary N) is 2. The van der Waals surface area contributed by atoms with Crippen LogP contribution in [0.2, 0.25) is 0 Å². The van der Waals surface area contributed by atoms with E-state index < -0.39 is 0 Å². The number of rotatable bonds is 5. The van der Waals surface area contributed by atoms with E-state index in [-0.39, 0.29) is 23.7 Å². The zero-order chi connectivity index (χ0) is 16.1. The van der Waals surface area contributed by atoms with Crippen molar-refractivity contribution >= 4 is 24.0 Å². The van der Waals surface area contributed by atoms with Gasteiger partial charge < -0.3 is 15.4 Å². The molecule has 3 rings (SSSR count). The molecule has 1 saturated heterocycles. The molecule has 24 heavy (non-hydrogen) atoms. The summed E-state index contributed by atoms with van der Waals surface area (Å²) >= 11 is 0. The Bertz CT molecular complexity index is 653. The van der Waals surface area contributed by atoms with Gasteiger partial charge in [0.15, 0.2) is 0 Å². The van der Waals surface area contributed by atoms with Gasteiger partial charge >= 0.3 is 0 Å². The molecule has 2 aromatic rings. The zero-order valence-corrected chi connectivity index (χ0v) is 14.6. The fourth-order valence-electron chi connectivity index (χ4n) is 2.67. The average molecular weight is 347 g/mol. The molecule has 0 bridgehead atoms. The third kappa shape index (κ3) is 4.49. The minimum atomic E-state index is -0.317. The second-order valence-corrected chi connectivity index (χ2v) is 6.24. The maximum atomic E-state index is 12.3. The first-order chi connectivity index (χ1) is 11.2. The van der Waals surface area contributed by atoms with Gasteiger partial charge in [-0.2, -0.15) is 0 Å². The van der Waals surface area contributed by atoms with Crippen molar-refractivity contribution in [1.82, 2.24) is 5.32 Å². The zero-order valence-electron chi connectivity index (χ0n) is 13.7. The number of benzene rings is 2. The molecule has 1 aliphatic heterocycles. The number of carbonyl (C=O) groups excluding carboxylic acids is 1. The van der Waals surface area contributed by atoms with Gasteiger partial charge in [0, 0.05) is 12.2 Å². The maximum absolute atomic E-state index is 12.3. The molecule has 1 heterocycles. The highest BCUT2D eigenvalue weighted by Gasteiger charge is 2.36. The number of ether oxygens (including phenoxy) is 1. The normalized spacial score (nSPS) is 19.4. The number of amides is 1. The Labute approximate surface area is 149 Å². The lowest BCUT2D eigenvalue weighted by Crippen LogP contribution is -2.35. The highest BCUT2D eigenvalue weighted by atomic mass is 35.5. The van der Waals surface area contributed by atoms with E-state index in [2.05, 4.69) is 10.6 Å². The molecule has 1 amide bonds. The lowest BCUT2D eigenvalue weighted by molar-refractivity contribution is -0.123. The molecule has 1 atom stereocenters. The Kier molecular flexibility index (Phi) is 6.23. The van der Waals surface area contributed by atoms with Crippen LogP contribution in [0.1, 0.15) is 18.9 Å². The van der Waals surface area contributed by atoms with E-state index in [1.807, 2.05) is 61.5 Å². The van der Waals surface area contributed by atoms with Gasteiger partial charge in [-0.25, -0.2) is 0 Å². The van der Waals surface area contributed by atoms with Crippen LogP contribution in [0.15, 0.2) is 54.6 Å². The third-order valence-electron chi connectivity index (χ3n) is 4.28. The SMILES string of the molecule is CC1(C(=O)Nc2ccc(OCc3ccccc3)cc2)CCNC1.Cl. The molecule has 1 unspecified atom stereocenters. The van der Waals surface area contributed by atoms with Gasteiger partial charge in [-0.1, -0.05) is 30.3 Å². The topological polar surface area (TPSA) is 50.4 Å². The summed E-state index contributed by atoms with van der Waals surface area (Å²) in [6, 6.07) is 17.6. The number of carbonyl (C=O) groups is 1. The lowest BCUT2D eigenvalue weighted by Gasteiger charge is -2.21. The molecular formula is C19H23ClN2O2. The van der Waals surface area contributed by atoms with Gasteiger partial charge in [-0.05, 0) is 49.7 Å². The first-order valence-electron chi connectivity index (χ1n) is 7.95. The van der Waals surface area contributed by atoms with E-state index in [0.717, 1.165) is 36.5 Å². The van der Waals surface area contributed by atoms with Crippen LogP contribution >= 0.6 is 12.4 Å². The Morgan fingerprint density at radius 1 is 1.17 bits per heavy atom. The molecule has 2 aromatic carbocycles. The van der Waals surface area contributed by atoms with Gasteiger partial charge in [0.2, 0.25) is 5.91 Å². The van der Waals surface area contributed by atoms with Gasteiger partial charge in [0.25, 0.3) is 0 Å². The van der Waals surface area contributed by atoms with Crippen LogP contribution < -0.4 is 15.4 Å². The summed E-state index contributed by atoms with van der Waals surface area (Å²) < 4.78 is 5.75. The Balaban J connectivity index is 0.00000208. The van der Waals surface area contributed by atoms with Crippen molar-refractivity contribution < 1.29 is 9.53 Å². The second-order valence-electron chi connectivity index (χ2n) is 6.24. The molecule has 0 aliphatic carbocycles. The summed E-state index contributed by atoms with van der Waals surface area (Å²) in [6.07, 6.45) is 0.872. The summed E-state index contributed by atoms with van der Waals surface area (Å²) in [6.45, 7) is 4.17. The van der Waals surface area contributed by atoms with Crippen molar-refractivity contribution in [3.63, 3.8) is 0 Å². The van der Waals surface area contributed by atoms with Gasteiger partial charge in [-0.3, -0.25) is 4.79 Å². The molecule has 0 radical (unpaired) electrons. The Hall–Kier alpha value is -2.04. The van der Waals surface area contributed by atoms with Crippen LogP contribution in [0.3, 0.4) is 0 Å². The Morgan fingerprint density at radius 2 is 1.88 bits per heavy atom. The molecule has 4 nitrogen and oxygen atoms in total. The highest BCUT2D eigenvalue weighted by molar-refractivity contribution is 5.95. The van der Waals surface area contributed by atoms with E-state index >= 15 is 0 Å². The second kappa shape index (κ2) is 8.18. The van der Waals surface area contributed by atoms with E-state index in [4.69, 9.17) is 4.74 Å². The predicted molar refractivity (Wildman–Crippen MR) is 98.7 cm³/mol. The van der Waals surface area contributed by atoms with Crippen LogP contribution in [0.5, 0.6) is 5.75 Å². The number of hydrogen-bond donors (Lipinski definition) is 2. The molecule has 1 aliphatic rings. The first kappa shape index (κ1) is 18.3. The van der Waals surface area contributed by atoms with Crippen LogP contribution in [0.4, 0.5) is 5.69 Å². The summed E-state index contributed by atoms with van der Waals surface area (Å²) in [4.78, 5) is 12.3. The van der Waals surface area contributed by atoms with Crippen molar-refractivity contribution in [3.05, 3.63) is 60.2 Å². The monoisotopic (exact) mass is 346 g/mol. The largest absolute Gasteiger partial charge is 0.489 e. The number of hydrogen-bond acceptors (Lipinski definition) is 3. The molecule has 1 fully saturated rings. The lowest BCUT2D eigenvalue weighted by atomic mass is 9.89.